The maximum absolute atomic E-state index is 13.0. The van der Waals surface area contributed by atoms with E-state index in [0.717, 1.165) is 180 Å². The minimum Gasteiger partial charge on any atom is -0.463 e. The Morgan fingerprint density at radius 3 is 0.866 bits per heavy atom. The predicted molar refractivity (Wildman–Crippen MR) is 399 cm³/mol. The van der Waals surface area contributed by atoms with E-state index < -0.39 is 91.5 Å². The molecule has 0 aromatic heterocycles. The van der Waals surface area contributed by atoms with Gasteiger partial charge in [-0.05, 0) is 135 Å². The second-order valence-electron chi connectivity index (χ2n) is 24.7. The van der Waals surface area contributed by atoms with Crippen molar-refractivity contribution in [2.45, 2.75) is 309 Å². The number of carbonyl (C=O) groups is 3. The molecule has 18 heteroatoms. The number of hydrogen-bond donors (Lipinski definition) is 4. The summed E-state index contributed by atoms with van der Waals surface area (Å²) in [5, 5.41) is 20.6. The molecule has 0 amide bonds. The Bertz CT molecular complexity index is 2300. The number of phosphoric ester groups is 2. The van der Waals surface area contributed by atoms with E-state index in [4.69, 9.17) is 32.3 Å². The number of unbranched alkanes of at least 4 members (excludes halogenated alkanes) is 25. The lowest BCUT2D eigenvalue weighted by molar-refractivity contribution is -0.161. The molecule has 0 spiro atoms. The van der Waals surface area contributed by atoms with Gasteiger partial charge in [-0.15, -0.1) is 0 Å². The minimum atomic E-state index is -4.94. The molecule has 5 unspecified atom stereocenters. The number of phosphoric acid groups is 2. The number of rotatable bonds is 70. The van der Waals surface area contributed by atoms with E-state index in [9.17, 15) is 43.5 Å². The van der Waals surface area contributed by atoms with Crippen LogP contribution < -0.4 is 0 Å². The van der Waals surface area contributed by atoms with Crippen LogP contribution in [0.25, 0.3) is 0 Å². The molecule has 0 radical (unpaired) electrons. The third-order valence-corrected chi connectivity index (χ3v) is 17.2. The summed E-state index contributed by atoms with van der Waals surface area (Å²) < 4.78 is 61.1. The summed E-state index contributed by atoms with van der Waals surface area (Å²) in [4.78, 5) is 58.6. The number of esters is 3. The number of allylic oxidation sites excluding steroid dienone is 22. The zero-order valence-electron chi connectivity index (χ0n) is 60.5. The fourth-order valence-corrected chi connectivity index (χ4v) is 11.3. The average molecular weight is 1400 g/mol. The van der Waals surface area contributed by atoms with Gasteiger partial charge in [0.25, 0.3) is 0 Å². The minimum absolute atomic E-state index is 0.0862. The molecule has 97 heavy (non-hydrogen) atoms. The molecule has 0 saturated carbocycles. The van der Waals surface area contributed by atoms with Crippen LogP contribution in [0, 0.1) is 0 Å². The van der Waals surface area contributed by atoms with Crippen molar-refractivity contribution in [3.63, 3.8) is 0 Å². The Hall–Kier alpha value is -4.31. The zero-order chi connectivity index (χ0) is 70.9. The van der Waals surface area contributed by atoms with Crippen LogP contribution in [0.2, 0.25) is 0 Å². The first-order valence-corrected chi connectivity index (χ1v) is 40.5. The normalized spacial score (nSPS) is 14.8. The van der Waals surface area contributed by atoms with Crippen molar-refractivity contribution in [1.29, 1.82) is 0 Å². The van der Waals surface area contributed by atoms with Gasteiger partial charge in [-0.1, -0.05) is 270 Å². The summed E-state index contributed by atoms with van der Waals surface area (Å²) in [5.41, 5.74) is 0. The number of ether oxygens (including phenoxy) is 3. The summed E-state index contributed by atoms with van der Waals surface area (Å²) >= 11 is 0. The van der Waals surface area contributed by atoms with Gasteiger partial charge in [0, 0.05) is 19.3 Å². The van der Waals surface area contributed by atoms with E-state index in [-0.39, 0.29) is 19.3 Å². The van der Waals surface area contributed by atoms with Crippen molar-refractivity contribution in [3.05, 3.63) is 134 Å². The Balaban J connectivity index is 4.64. The van der Waals surface area contributed by atoms with Crippen LogP contribution in [-0.2, 0) is 55.8 Å². The van der Waals surface area contributed by atoms with Crippen molar-refractivity contribution < 1.29 is 75.8 Å². The first-order valence-electron chi connectivity index (χ1n) is 37.5. The number of hydrogen-bond acceptors (Lipinski definition) is 14. The maximum Gasteiger partial charge on any atom is 0.472 e. The van der Waals surface area contributed by atoms with Gasteiger partial charge in [0.15, 0.2) is 6.10 Å². The van der Waals surface area contributed by atoms with Crippen molar-refractivity contribution >= 4 is 33.6 Å². The molecule has 0 fully saturated rings. The smallest absolute Gasteiger partial charge is 0.463 e. The molecule has 0 heterocycles. The quantitative estimate of drug-likeness (QED) is 0.0146. The summed E-state index contributed by atoms with van der Waals surface area (Å²) in [6.07, 6.45) is 84.9. The molecule has 0 rings (SSSR count). The highest BCUT2D eigenvalue weighted by Crippen LogP contribution is 2.45. The molecule has 0 aliphatic rings. The fraction of sp³-hybridized carbons (Fsp3) is 0.684. The summed E-state index contributed by atoms with van der Waals surface area (Å²) in [5.74, 6) is -1.61. The largest absolute Gasteiger partial charge is 0.472 e. The molecular formula is C79H134O16P2. The van der Waals surface area contributed by atoms with Gasteiger partial charge in [0.1, 0.15) is 25.4 Å². The second kappa shape index (κ2) is 71.5. The van der Waals surface area contributed by atoms with Crippen LogP contribution in [0.3, 0.4) is 0 Å². The van der Waals surface area contributed by atoms with E-state index >= 15 is 0 Å². The lowest BCUT2D eigenvalue weighted by Gasteiger charge is -2.21. The Kier molecular flexibility index (Phi) is 68.3. The number of aliphatic hydroxyl groups is 2. The molecule has 0 aromatic rings. The van der Waals surface area contributed by atoms with Crippen molar-refractivity contribution in [2.24, 2.45) is 0 Å². The second-order valence-corrected chi connectivity index (χ2v) is 27.6. The molecule has 0 aromatic carbocycles. The highest BCUT2D eigenvalue weighted by molar-refractivity contribution is 7.47. The lowest BCUT2D eigenvalue weighted by Crippen LogP contribution is -2.30. The third-order valence-electron chi connectivity index (χ3n) is 15.3. The zero-order valence-corrected chi connectivity index (χ0v) is 62.2. The number of carbonyl (C=O) groups excluding carboxylic acids is 3. The summed E-state index contributed by atoms with van der Waals surface area (Å²) in [6.45, 7) is 2.39. The third kappa shape index (κ3) is 72.8. The van der Waals surface area contributed by atoms with Gasteiger partial charge in [0.2, 0.25) is 0 Å². The van der Waals surface area contributed by atoms with E-state index in [1.165, 1.54) is 51.4 Å². The molecule has 0 saturated heterocycles. The molecule has 5 atom stereocenters. The van der Waals surface area contributed by atoms with E-state index in [2.05, 4.69) is 154 Å². The Morgan fingerprint density at radius 2 is 0.546 bits per heavy atom. The van der Waals surface area contributed by atoms with Crippen LogP contribution in [0.5, 0.6) is 0 Å². The highest BCUT2D eigenvalue weighted by atomic mass is 31.2. The van der Waals surface area contributed by atoms with Crippen molar-refractivity contribution in [2.75, 3.05) is 39.6 Å². The predicted octanol–water partition coefficient (Wildman–Crippen LogP) is 21.5. The first-order chi connectivity index (χ1) is 47.2. The lowest BCUT2D eigenvalue weighted by atomic mass is 10.1. The Morgan fingerprint density at radius 1 is 0.299 bits per heavy atom. The van der Waals surface area contributed by atoms with Gasteiger partial charge in [-0.3, -0.25) is 32.5 Å². The fourth-order valence-electron chi connectivity index (χ4n) is 9.68. The van der Waals surface area contributed by atoms with Crippen LogP contribution in [-0.4, -0.2) is 95.9 Å². The molecule has 556 valence electrons. The highest BCUT2D eigenvalue weighted by Gasteiger charge is 2.29. The van der Waals surface area contributed by atoms with E-state index in [0.29, 0.717) is 19.3 Å². The molecule has 0 aliphatic carbocycles. The average Bonchev–Trinajstić information content (AvgIpc) is 2.14. The summed E-state index contributed by atoms with van der Waals surface area (Å²) in [6, 6.07) is 0. The van der Waals surface area contributed by atoms with Gasteiger partial charge in [-0.25, -0.2) is 9.13 Å². The van der Waals surface area contributed by atoms with Crippen LogP contribution in [0.4, 0.5) is 0 Å². The molecular weight excluding hydrogens is 1270 g/mol. The van der Waals surface area contributed by atoms with Gasteiger partial charge in [0.05, 0.1) is 26.4 Å². The Labute approximate surface area is 588 Å². The number of aliphatic hydroxyl groups excluding tert-OH is 2. The van der Waals surface area contributed by atoms with Crippen LogP contribution in [0.1, 0.15) is 290 Å². The molecule has 0 aliphatic heterocycles. The van der Waals surface area contributed by atoms with Crippen molar-refractivity contribution in [1.82, 2.24) is 0 Å². The van der Waals surface area contributed by atoms with Crippen LogP contribution in [0.15, 0.2) is 134 Å². The monoisotopic (exact) mass is 1400 g/mol. The SMILES string of the molecule is CC/C=C\C/C=C\C/C=C\C/C=C\CCCCCCCCC(=O)OCC(COP(=O)(O)OCC(O)COP(=O)(O)OCC(O)COC(=O)CCCCCCCCCCC/C=C\C/C=C\C/C=C\C/C=C\CCCCC)OC(=O)CCCCCCCCC/C=C\C/C=C\C/C=C\CC. The first kappa shape index (κ1) is 92.7. The molecule has 16 nitrogen and oxygen atoms in total. The van der Waals surface area contributed by atoms with Crippen molar-refractivity contribution in [3.8, 4) is 0 Å². The standard InChI is InChI=1S/C79H134O16P2/c1-4-7-10-13-16-19-22-25-28-31-33-34-35-36-37-38-40-43-44-47-50-53-56-59-62-65-77(82)89-68-74(80)69-91-96(85,86)92-70-75(81)71-93-97(87,88)94-73-76(95-79(84)67-64-61-58-55-52-49-46-41-30-27-24-21-18-15-12-9-6-3)72-90-78(83)66-63-60-57-54-51-48-45-42-39-32-29-26-23-20-17-14-11-8-5-2/h8-9,11-12,16-21,25-30,33-34,36-37,39,42,74-76,80-81H,4-7,10,13-15,22-24,31-32,35,38,40-41,43-73H2,1-3H3,(H,85,86)(H,87,88)/b11-8-,12-9-,19-16-,20-17-,21-18-,28-25-,29-26-,30-27-,34-33-,37-36-,42-39-. The molecule has 0 bridgehead atoms. The molecule has 4 N–H and O–H groups in total. The topological polar surface area (TPSA) is 231 Å². The van der Waals surface area contributed by atoms with Crippen LogP contribution >= 0.6 is 15.6 Å². The summed E-state index contributed by atoms with van der Waals surface area (Å²) in [7, 11) is -9.80. The van der Waals surface area contributed by atoms with Gasteiger partial charge >= 0.3 is 33.6 Å². The van der Waals surface area contributed by atoms with Gasteiger partial charge in [-0.2, -0.15) is 0 Å². The maximum atomic E-state index is 13.0. The van der Waals surface area contributed by atoms with E-state index in [1.54, 1.807) is 0 Å². The van der Waals surface area contributed by atoms with Gasteiger partial charge < -0.3 is 34.2 Å². The van der Waals surface area contributed by atoms with E-state index in [1.807, 2.05) is 0 Å².